The van der Waals surface area contributed by atoms with Gasteiger partial charge in [-0.15, -0.1) is 11.8 Å². The van der Waals surface area contributed by atoms with Crippen molar-refractivity contribution in [3.63, 3.8) is 0 Å². The van der Waals surface area contributed by atoms with Crippen molar-refractivity contribution in [1.29, 1.82) is 0 Å². The molecule has 6 heteroatoms. The summed E-state index contributed by atoms with van der Waals surface area (Å²) in [6.45, 7) is 6.57. The number of aromatic nitrogens is 4. The second-order valence-electron chi connectivity index (χ2n) is 5.36. The molecular weight excluding hydrogens is 318 g/mol. The summed E-state index contributed by atoms with van der Waals surface area (Å²) in [5, 5.41) is 7.86. The first-order valence-electron chi connectivity index (χ1n) is 7.57. The van der Waals surface area contributed by atoms with E-state index in [2.05, 4.69) is 33.0 Å². The SMILES string of the molecule is C=C(C)/C=C(\SC)c1cnn2c(NCc3ccccn3)ccnc12. The standard InChI is InChI=1S/C18H19N5S/c1-13(2)10-16(24-3)15-12-22-23-17(7-9-20-18(15)23)21-11-14-6-4-5-8-19-14/h4-10,12,21H,1,11H2,2-3H3/b16-10-. The van der Waals surface area contributed by atoms with Gasteiger partial charge in [-0.3, -0.25) is 4.98 Å². The van der Waals surface area contributed by atoms with Crippen molar-refractivity contribution < 1.29 is 0 Å². The third kappa shape index (κ3) is 3.49. The maximum Gasteiger partial charge on any atom is 0.165 e. The molecule has 0 saturated carbocycles. The van der Waals surface area contributed by atoms with E-state index in [4.69, 9.17) is 0 Å². The smallest absolute Gasteiger partial charge is 0.165 e. The second kappa shape index (κ2) is 7.31. The Balaban J connectivity index is 1.93. The van der Waals surface area contributed by atoms with Crippen LogP contribution in [0.2, 0.25) is 0 Å². The number of fused-ring (bicyclic) bond motifs is 1. The lowest BCUT2D eigenvalue weighted by molar-refractivity contribution is 0.917. The lowest BCUT2D eigenvalue weighted by Gasteiger charge is -2.08. The van der Waals surface area contributed by atoms with Crippen molar-refractivity contribution in [2.45, 2.75) is 13.5 Å². The summed E-state index contributed by atoms with van der Waals surface area (Å²) in [7, 11) is 0. The van der Waals surface area contributed by atoms with Gasteiger partial charge < -0.3 is 5.32 Å². The largest absolute Gasteiger partial charge is 0.364 e. The topological polar surface area (TPSA) is 55.1 Å². The van der Waals surface area contributed by atoms with E-state index in [1.54, 1.807) is 24.2 Å². The van der Waals surface area contributed by atoms with Gasteiger partial charge in [0.25, 0.3) is 0 Å². The van der Waals surface area contributed by atoms with Crippen molar-refractivity contribution in [2.75, 3.05) is 11.6 Å². The first-order chi connectivity index (χ1) is 11.7. The van der Waals surface area contributed by atoms with Crippen LogP contribution in [0.15, 0.2) is 61.1 Å². The number of allylic oxidation sites excluding steroid dienone is 2. The van der Waals surface area contributed by atoms with Gasteiger partial charge >= 0.3 is 0 Å². The number of nitrogens with zero attached hydrogens (tertiary/aromatic N) is 4. The fraction of sp³-hybridized carbons (Fsp3) is 0.167. The van der Waals surface area contributed by atoms with E-state index in [1.165, 1.54) is 0 Å². The van der Waals surface area contributed by atoms with Crippen molar-refractivity contribution in [1.82, 2.24) is 19.6 Å². The van der Waals surface area contributed by atoms with Gasteiger partial charge in [-0.2, -0.15) is 9.61 Å². The van der Waals surface area contributed by atoms with E-state index in [1.807, 2.05) is 48.2 Å². The molecular formula is C18H19N5S. The zero-order valence-corrected chi connectivity index (χ0v) is 14.5. The molecule has 0 bridgehead atoms. The molecule has 0 aliphatic rings. The molecule has 0 radical (unpaired) electrons. The molecule has 24 heavy (non-hydrogen) atoms. The summed E-state index contributed by atoms with van der Waals surface area (Å²) in [5.74, 6) is 0.882. The maximum absolute atomic E-state index is 4.49. The third-order valence-electron chi connectivity index (χ3n) is 3.44. The first-order valence-corrected chi connectivity index (χ1v) is 8.79. The fourth-order valence-electron chi connectivity index (χ4n) is 2.35. The van der Waals surface area contributed by atoms with Crippen LogP contribution in [-0.2, 0) is 6.54 Å². The highest BCUT2D eigenvalue weighted by Gasteiger charge is 2.12. The molecule has 3 rings (SSSR count). The highest BCUT2D eigenvalue weighted by molar-refractivity contribution is 8.07. The van der Waals surface area contributed by atoms with Crippen LogP contribution in [0.1, 0.15) is 18.2 Å². The van der Waals surface area contributed by atoms with Gasteiger partial charge in [-0.05, 0) is 37.5 Å². The van der Waals surface area contributed by atoms with E-state index in [0.717, 1.165) is 33.2 Å². The van der Waals surface area contributed by atoms with Gasteiger partial charge in [0.05, 0.1) is 24.0 Å². The van der Waals surface area contributed by atoms with E-state index < -0.39 is 0 Å². The zero-order chi connectivity index (χ0) is 16.9. The number of rotatable bonds is 6. The minimum Gasteiger partial charge on any atom is -0.364 e. The highest BCUT2D eigenvalue weighted by atomic mass is 32.2. The Bertz CT molecular complexity index is 883. The van der Waals surface area contributed by atoms with Gasteiger partial charge in [0, 0.05) is 17.3 Å². The molecule has 0 unspecified atom stereocenters. The van der Waals surface area contributed by atoms with Crippen molar-refractivity contribution in [3.05, 3.63) is 72.3 Å². The molecule has 0 atom stereocenters. The van der Waals surface area contributed by atoms with Crippen molar-refractivity contribution in [3.8, 4) is 0 Å². The summed E-state index contributed by atoms with van der Waals surface area (Å²) in [4.78, 5) is 9.92. The van der Waals surface area contributed by atoms with Crippen LogP contribution in [0.25, 0.3) is 10.6 Å². The average Bonchev–Trinajstić information content (AvgIpc) is 3.03. The van der Waals surface area contributed by atoms with Crippen molar-refractivity contribution in [2.24, 2.45) is 0 Å². The van der Waals surface area contributed by atoms with Crippen LogP contribution in [-0.4, -0.2) is 25.8 Å². The Labute approximate surface area is 145 Å². The Hall–Kier alpha value is -2.60. The van der Waals surface area contributed by atoms with Crippen LogP contribution >= 0.6 is 11.8 Å². The molecule has 3 heterocycles. The Morgan fingerprint density at radius 1 is 1.29 bits per heavy atom. The summed E-state index contributed by atoms with van der Waals surface area (Å²) >= 11 is 1.66. The van der Waals surface area contributed by atoms with Crippen LogP contribution < -0.4 is 5.32 Å². The van der Waals surface area contributed by atoms with E-state index in [0.29, 0.717) is 6.54 Å². The predicted octanol–water partition coefficient (Wildman–Crippen LogP) is 4.02. The minimum absolute atomic E-state index is 0.631. The fourth-order valence-corrected chi connectivity index (χ4v) is 3.04. The quantitative estimate of drug-likeness (QED) is 0.689. The Morgan fingerprint density at radius 2 is 2.17 bits per heavy atom. The van der Waals surface area contributed by atoms with Crippen LogP contribution in [0.4, 0.5) is 5.82 Å². The van der Waals surface area contributed by atoms with Crippen molar-refractivity contribution >= 4 is 28.1 Å². The summed E-state index contributed by atoms with van der Waals surface area (Å²) in [6, 6.07) is 7.78. The van der Waals surface area contributed by atoms with Gasteiger partial charge in [-0.1, -0.05) is 18.2 Å². The summed E-state index contributed by atoms with van der Waals surface area (Å²) in [5.41, 5.74) is 3.81. The zero-order valence-electron chi connectivity index (χ0n) is 13.7. The number of hydrogen-bond acceptors (Lipinski definition) is 5. The Morgan fingerprint density at radius 3 is 2.88 bits per heavy atom. The summed E-state index contributed by atoms with van der Waals surface area (Å²) in [6.07, 6.45) is 9.52. The molecule has 3 aromatic heterocycles. The number of nitrogens with one attached hydrogen (secondary N) is 1. The van der Waals surface area contributed by atoms with Gasteiger partial charge in [-0.25, -0.2) is 4.98 Å². The second-order valence-corrected chi connectivity index (χ2v) is 6.21. The van der Waals surface area contributed by atoms with E-state index >= 15 is 0 Å². The molecule has 0 amide bonds. The number of anilines is 1. The average molecular weight is 337 g/mol. The molecule has 1 N–H and O–H groups in total. The lowest BCUT2D eigenvalue weighted by atomic mass is 10.2. The van der Waals surface area contributed by atoms with E-state index in [-0.39, 0.29) is 0 Å². The molecule has 0 spiro atoms. The summed E-state index contributed by atoms with van der Waals surface area (Å²) < 4.78 is 1.82. The lowest BCUT2D eigenvalue weighted by Crippen LogP contribution is -2.06. The number of hydrogen-bond donors (Lipinski definition) is 1. The molecule has 3 aromatic rings. The molecule has 0 aromatic carbocycles. The van der Waals surface area contributed by atoms with Gasteiger partial charge in [0.15, 0.2) is 5.65 Å². The predicted molar refractivity (Wildman–Crippen MR) is 101 cm³/mol. The maximum atomic E-state index is 4.49. The Kier molecular flexibility index (Phi) is 4.96. The number of pyridine rings is 1. The highest BCUT2D eigenvalue weighted by Crippen LogP contribution is 2.29. The van der Waals surface area contributed by atoms with Gasteiger partial charge in [0.1, 0.15) is 5.82 Å². The molecule has 0 saturated heterocycles. The number of thioether (sulfide) groups is 1. The van der Waals surface area contributed by atoms with Crippen LogP contribution in [0.3, 0.4) is 0 Å². The molecule has 0 aliphatic heterocycles. The third-order valence-corrected chi connectivity index (χ3v) is 4.22. The molecule has 0 fully saturated rings. The monoisotopic (exact) mass is 337 g/mol. The molecule has 0 aliphatic carbocycles. The molecule has 122 valence electrons. The first kappa shape index (κ1) is 16.3. The minimum atomic E-state index is 0.631. The molecule has 5 nitrogen and oxygen atoms in total. The van der Waals surface area contributed by atoms with Crippen LogP contribution in [0.5, 0.6) is 0 Å². The van der Waals surface area contributed by atoms with Gasteiger partial charge in [0.2, 0.25) is 0 Å². The van der Waals surface area contributed by atoms with Crippen LogP contribution in [0, 0.1) is 0 Å². The van der Waals surface area contributed by atoms with E-state index in [9.17, 15) is 0 Å². The normalized spacial score (nSPS) is 11.7.